The highest BCUT2D eigenvalue weighted by molar-refractivity contribution is 8.18. The number of benzene rings is 4. The minimum absolute atomic E-state index is 0.236. The minimum Gasteiger partial charge on any atom is -0.489 e. The standard InChI is InChI=1S/C28H20FNO3S/c29-23-12-8-20(9-13-23)18-33-24-14-10-19(11-15-24)16-26-27(31)30(28(32)34-26)17-22-6-3-5-21-4-1-2-7-25(21)22/h1-16H,17-18H2/b26-16-. The monoisotopic (exact) mass is 469 g/mol. The van der Waals surface area contributed by atoms with E-state index in [1.54, 1.807) is 30.3 Å². The lowest BCUT2D eigenvalue weighted by Crippen LogP contribution is -2.27. The summed E-state index contributed by atoms with van der Waals surface area (Å²) in [6, 6.07) is 27.2. The molecule has 0 bridgehead atoms. The Morgan fingerprint density at radius 1 is 0.853 bits per heavy atom. The number of carbonyl (C=O) groups is 2. The van der Waals surface area contributed by atoms with E-state index < -0.39 is 0 Å². The second kappa shape index (κ2) is 9.53. The Morgan fingerprint density at radius 3 is 2.38 bits per heavy atom. The number of fused-ring (bicyclic) bond motifs is 1. The van der Waals surface area contributed by atoms with Crippen molar-refractivity contribution >= 4 is 39.8 Å². The summed E-state index contributed by atoms with van der Waals surface area (Å²) in [6.07, 6.45) is 1.72. The molecule has 0 N–H and O–H groups in total. The molecule has 4 aromatic carbocycles. The van der Waals surface area contributed by atoms with Crippen molar-refractivity contribution in [2.24, 2.45) is 0 Å². The second-order valence-electron chi connectivity index (χ2n) is 7.89. The van der Waals surface area contributed by atoms with Gasteiger partial charge in [0.25, 0.3) is 11.1 Å². The average Bonchev–Trinajstić information content (AvgIpc) is 3.12. The maximum Gasteiger partial charge on any atom is 0.293 e. The van der Waals surface area contributed by atoms with Gasteiger partial charge in [-0.05, 0) is 69.6 Å². The molecule has 1 aliphatic rings. The van der Waals surface area contributed by atoms with Crippen LogP contribution < -0.4 is 4.74 Å². The van der Waals surface area contributed by atoms with E-state index in [1.807, 2.05) is 54.6 Å². The molecule has 0 atom stereocenters. The third kappa shape index (κ3) is 4.72. The van der Waals surface area contributed by atoms with Crippen molar-refractivity contribution in [3.8, 4) is 5.75 Å². The van der Waals surface area contributed by atoms with Gasteiger partial charge in [-0.3, -0.25) is 14.5 Å². The summed E-state index contributed by atoms with van der Waals surface area (Å²) in [5.74, 6) is 0.0831. The van der Waals surface area contributed by atoms with Crippen molar-refractivity contribution in [2.45, 2.75) is 13.2 Å². The van der Waals surface area contributed by atoms with Crippen LogP contribution in [0.2, 0.25) is 0 Å². The van der Waals surface area contributed by atoms with E-state index in [-0.39, 0.29) is 23.5 Å². The Labute approximate surface area is 200 Å². The summed E-state index contributed by atoms with van der Waals surface area (Å²) in [5, 5.41) is 1.83. The van der Waals surface area contributed by atoms with E-state index in [0.717, 1.165) is 39.2 Å². The number of rotatable bonds is 6. The van der Waals surface area contributed by atoms with Crippen molar-refractivity contribution in [1.82, 2.24) is 4.90 Å². The van der Waals surface area contributed by atoms with Gasteiger partial charge in [0.05, 0.1) is 11.4 Å². The molecule has 2 amide bonds. The SMILES string of the molecule is O=C1S/C(=C\c2ccc(OCc3ccc(F)cc3)cc2)C(=O)N1Cc1cccc2ccccc12. The van der Waals surface area contributed by atoms with Crippen LogP contribution in [0.15, 0.2) is 95.9 Å². The van der Waals surface area contributed by atoms with Crippen LogP contribution in [0.1, 0.15) is 16.7 Å². The van der Waals surface area contributed by atoms with Gasteiger partial charge in [-0.1, -0.05) is 66.7 Å². The van der Waals surface area contributed by atoms with Crippen LogP contribution >= 0.6 is 11.8 Å². The molecule has 1 heterocycles. The molecule has 0 spiro atoms. The number of halogens is 1. The molecule has 4 aromatic rings. The third-order valence-electron chi connectivity index (χ3n) is 5.58. The van der Waals surface area contributed by atoms with Crippen LogP contribution in [0.4, 0.5) is 9.18 Å². The highest BCUT2D eigenvalue weighted by atomic mass is 32.2. The topological polar surface area (TPSA) is 46.6 Å². The van der Waals surface area contributed by atoms with E-state index in [0.29, 0.717) is 17.3 Å². The minimum atomic E-state index is -0.292. The summed E-state index contributed by atoms with van der Waals surface area (Å²) < 4.78 is 18.7. The smallest absolute Gasteiger partial charge is 0.293 e. The highest BCUT2D eigenvalue weighted by Gasteiger charge is 2.35. The summed E-state index contributed by atoms with van der Waals surface area (Å²) in [7, 11) is 0. The zero-order valence-corrected chi connectivity index (χ0v) is 18.9. The van der Waals surface area contributed by atoms with Crippen LogP contribution in [0.5, 0.6) is 5.75 Å². The largest absolute Gasteiger partial charge is 0.489 e. The van der Waals surface area contributed by atoms with Gasteiger partial charge in [0.2, 0.25) is 0 Å². The summed E-state index contributed by atoms with van der Waals surface area (Å²) in [5.41, 5.74) is 2.60. The Bertz CT molecular complexity index is 1390. The molecule has 0 aromatic heterocycles. The Hall–Kier alpha value is -3.90. The first kappa shape index (κ1) is 21.9. The molecule has 168 valence electrons. The fraction of sp³-hybridized carbons (Fsp3) is 0.0714. The quantitative estimate of drug-likeness (QED) is 0.292. The van der Waals surface area contributed by atoms with Crippen molar-refractivity contribution in [3.63, 3.8) is 0 Å². The summed E-state index contributed by atoms with van der Waals surface area (Å²) in [4.78, 5) is 27.3. The number of amides is 2. The molecule has 5 rings (SSSR count). The van der Waals surface area contributed by atoms with Gasteiger partial charge in [0, 0.05) is 0 Å². The first-order valence-corrected chi connectivity index (χ1v) is 11.6. The molecule has 4 nitrogen and oxygen atoms in total. The van der Waals surface area contributed by atoms with Gasteiger partial charge in [0.15, 0.2) is 0 Å². The Balaban J connectivity index is 1.27. The van der Waals surface area contributed by atoms with Crippen LogP contribution in [0, 0.1) is 5.82 Å². The van der Waals surface area contributed by atoms with Gasteiger partial charge in [0.1, 0.15) is 18.2 Å². The predicted molar refractivity (Wildman–Crippen MR) is 133 cm³/mol. The van der Waals surface area contributed by atoms with E-state index in [2.05, 4.69) is 0 Å². The number of carbonyl (C=O) groups excluding carboxylic acids is 2. The lowest BCUT2D eigenvalue weighted by atomic mass is 10.0. The predicted octanol–water partition coefficient (Wildman–Crippen LogP) is 6.79. The van der Waals surface area contributed by atoms with Crippen LogP contribution in [-0.2, 0) is 17.9 Å². The molecule has 6 heteroatoms. The van der Waals surface area contributed by atoms with E-state index in [1.165, 1.54) is 17.0 Å². The molecule has 0 radical (unpaired) electrons. The van der Waals surface area contributed by atoms with E-state index >= 15 is 0 Å². The number of hydrogen-bond acceptors (Lipinski definition) is 4. The van der Waals surface area contributed by atoms with E-state index in [9.17, 15) is 14.0 Å². The van der Waals surface area contributed by atoms with Gasteiger partial charge in [-0.2, -0.15) is 0 Å². The number of ether oxygens (including phenoxy) is 1. The fourth-order valence-electron chi connectivity index (χ4n) is 3.80. The molecule has 0 saturated carbocycles. The lowest BCUT2D eigenvalue weighted by Gasteiger charge is -2.14. The fourth-order valence-corrected chi connectivity index (χ4v) is 4.63. The normalized spacial score (nSPS) is 14.9. The molecule has 1 saturated heterocycles. The molecular weight excluding hydrogens is 449 g/mol. The number of thioether (sulfide) groups is 1. The molecule has 1 aliphatic heterocycles. The average molecular weight is 470 g/mol. The highest BCUT2D eigenvalue weighted by Crippen LogP contribution is 2.34. The summed E-state index contributed by atoms with van der Waals surface area (Å²) in [6.45, 7) is 0.562. The van der Waals surface area contributed by atoms with Crippen LogP contribution in [-0.4, -0.2) is 16.0 Å². The molecule has 34 heavy (non-hydrogen) atoms. The van der Waals surface area contributed by atoms with Gasteiger partial charge < -0.3 is 4.74 Å². The number of hydrogen-bond donors (Lipinski definition) is 0. The van der Waals surface area contributed by atoms with Crippen molar-refractivity contribution in [1.29, 1.82) is 0 Å². The first-order chi connectivity index (χ1) is 16.6. The maximum atomic E-state index is 13.0. The van der Waals surface area contributed by atoms with E-state index in [4.69, 9.17) is 4.74 Å². The zero-order valence-electron chi connectivity index (χ0n) is 18.1. The Morgan fingerprint density at radius 2 is 1.59 bits per heavy atom. The maximum absolute atomic E-state index is 13.0. The van der Waals surface area contributed by atoms with Gasteiger partial charge in [-0.25, -0.2) is 4.39 Å². The van der Waals surface area contributed by atoms with Gasteiger partial charge >= 0.3 is 0 Å². The van der Waals surface area contributed by atoms with Crippen molar-refractivity contribution < 1.29 is 18.7 Å². The zero-order chi connectivity index (χ0) is 23.5. The van der Waals surface area contributed by atoms with Crippen molar-refractivity contribution in [2.75, 3.05) is 0 Å². The van der Waals surface area contributed by atoms with Gasteiger partial charge in [-0.15, -0.1) is 0 Å². The first-order valence-electron chi connectivity index (χ1n) is 10.8. The lowest BCUT2D eigenvalue weighted by molar-refractivity contribution is -0.123. The molecule has 1 fully saturated rings. The summed E-state index contributed by atoms with van der Waals surface area (Å²) >= 11 is 0.951. The number of imide groups is 1. The van der Waals surface area contributed by atoms with Crippen LogP contribution in [0.25, 0.3) is 16.8 Å². The molecule has 0 unspecified atom stereocenters. The number of nitrogens with zero attached hydrogens (tertiary/aromatic N) is 1. The third-order valence-corrected chi connectivity index (χ3v) is 6.49. The second-order valence-corrected chi connectivity index (χ2v) is 8.88. The van der Waals surface area contributed by atoms with Crippen molar-refractivity contribution in [3.05, 3.63) is 118 Å². The van der Waals surface area contributed by atoms with Crippen LogP contribution in [0.3, 0.4) is 0 Å². The Kier molecular flexibility index (Phi) is 6.14. The molecular formula is C28H20FNO3S. The molecule has 0 aliphatic carbocycles.